The van der Waals surface area contributed by atoms with Gasteiger partial charge in [-0.1, -0.05) is 13.8 Å². The third-order valence-electron chi connectivity index (χ3n) is 2.90. The molecule has 2 atom stereocenters. The molecule has 0 spiro atoms. The third kappa shape index (κ3) is 5.36. The van der Waals surface area contributed by atoms with Gasteiger partial charge in [0.25, 0.3) is 0 Å². The van der Waals surface area contributed by atoms with Crippen LogP contribution < -0.4 is 5.32 Å². The van der Waals surface area contributed by atoms with E-state index in [4.69, 9.17) is 0 Å². The largest absolute Gasteiger partial charge is 0.306 e. The van der Waals surface area contributed by atoms with Gasteiger partial charge in [0.1, 0.15) is 5.82 Å². The zero-order valence-corrected chi connectivity index (χ0v) is 12.3. The molecule has 0 aliphatic heterocycles. The Balaban J connectivity index is 2.48. The van der Waals surface area contributed by atoms with Crippen molar-refractivity contribution in [1.82, 2.24) is 10.3 Å². The molecule has 0 aliphatic rings. The van der Waals surface area contributed by atoms with E-state index in [1.165, 1.54) is 23.8 Å². The number of hydrogen-bond acceptors (Lipinski definition) is 3. The fourth-order valence-corrected chi connectivity index (χ4v) is 2.65. The smallest absolute Gasteiger partial charge is 0.141 e. The fraction of sp³-hybridized carbons (Fsp3) is 0.643. The van der Waals surface area contributed by atoms with Crippen molar-refractivity contribution in [1.29, 1.82) is 0 Å². The van der Waals surface area contributed by atoms with Gasteiger partial charge >= 0.3 is 0 Å². The zero-order chi connectivity index (χ0) is 13.4. The number of pyridine rings is 1. The highest BCUT2D eigenvalue weighted by Gasteiger charge is 2.13. The maximum Gasteiger partial charge on any atom is 0.141 e. The number of aromatic nitrogens is 1. The Morgan fingerprint density at radius 2 is 2.17 bits per heavy atom. The molecule has 18 heavy (non-hydrogen) atoms. The van der Waals surface area contributed by atoms with Gasteiger partial charge in [-0.3, -0.25) is 4.98 Å². The molecule has 4 heteroatoms. The lowest BCUT2D eigenvalue weighted by molar-refractivity contribution is 0.431. The Morgan fingerprint density at radius 3 is 2.72 bits per heavy atom. The molecule has 1 heterocycles. The van der Waals surface area contributed by atoms with Crippen LogP contribution in [0, 0.1) is 5.82 Å². The summed E-state index contributed by atoms with van der Waals surface area (Å²) in [7, 11) is 0. The van der Waals surface area contributed by atoms with Crippen LogP contribution in [0.25, 0.3) is 0 Å². The third-order valence-corrected chi connectivity index (χ3v) is 3.83. The first-order valence-electron chi connectivity index (χ1n) is 6.62. The summed E-state index contributed by atoms with van der Waals surface area (Å²) in [6.45, 7) is 6.50. The van der Waals surface area contributed by atoms with Crippen molar-refractivity contribution in [3.05, 3.63) is 29.8 Å². The molecule has 2 unspecified atom stereocenters. The second-order valence-corrected chi connectivity index (χ2v) is 5.81. The molecule has 0 amide bonds. The summed E-state index contributed by atoms with van der Waals surface area (Å²) in [5, 5.41) is 3.56. The maximum absolute atomic E-state index is 12.8. The van der Waals surface area contributed by atoms with Crippen LogP contribution in [-0.2, 0) is 0 Å². The molecule has 0 saturated carbocycles. The highest BCUT2D eigenvalue weighted by Crippen LogP contribution is 2.16. The lowest BCUT2D eigenvalue weighted by Crippen LogP contribution is -2.31. The first-order valence-corrected chi connectivity index (χ1v) is 7.78. The number of thioether (sulfide) groups is 1. The zero-order valence-electron chi connectivity index (χ0n) is 11.4. The van der Waals surface area contributed by atoms with Gasteiger partial charge in [0, 0.05) is 12.1 Å². The van der Waals surface area contributed by atoms with Crippen LogP contribution in [0.1, 0.15) is 45.3 Å². The second-order valence-electron chi connectivity index (χ2n) is 4.42. The Hall–Kier alpha value is -0.610. The van der Waals surface area contributed by atoms with Gasteiger partial charge in [-0.2, -0.15) is 11.8 Å². The highest BCUT2D eigenvalue weighted by molar-refractivity contribution is 7.99. The summed E-state index contributed by atoms with van der Waals surface area (Å²) in [5.41, 5.74) is 0.925. The second kappa shape index (κ2) is 8.48. The number of nitrogens with one attached hydrogen (secondary N) is 1. The Labute approximate surface area is 114 Å². The SMILES string of the molecule is CCSCCC(C)NC(CC)c1ccc(F)cn1. The summed E-state index contributed by atoms with van der Waals surface area (Å²) < 4.78 is 12.8. The molecule has 0 fully saturated rings. The molecule has 0 saturated heterocycles. The average Bonchev–Trinajstić information content (AvgIpc) is 2.37. The molecule has 2 nitrogen and oxygen atoms in total. The minimum atomic E-state index is -0.277. The summed E-state index contributed by atoms with van der Waals surface area (Å²) in [6, 6.07) is 3.92. The van der Waals surface area contributed by atoms with Crippen molar-refractivity contribution in [2.24, 2.45) is 0 Å². The van der Waals surface area contributed by atoms with Crippen LogP contribution in [-0.4, -0.2) is 22.5 Å². The topological polar surface area (TPSA) is 24.9 Å². The molecule has 0 aliphatic carbocycles. The normalized spacial score (nSPS) is 14.4. The maximum atomic E-state index is 12.8. The molecule has 102 valence electrons. The summed E-state index contributed by atoms with van der Waals surface area (Å²) in [5.74, 6) is 2.07. The lowest BCUT2D eigenvalue weighted by Gasteiger charge is -2.21. The molecule has 0 bridgehead atoms. The number of halogens is 1. The van der Waals surface area contributed by atoms with Crippen LogP contribution in [0.3, 0.4) is 0 Å². The first kappa shape index (κ1) is 15.4. The van der Waals surface area contributed by atoms with Gasteiger partial charge in [-0.15, -0.1) is 0 Å². The van der Waals surface area contributed by atoms with Gasteiger partial charge in [-0.25, -0.2) is 4.39 Å². The summed E-state index contributed by atoms with van der Waals surface area (Å²) >= 11 is 1.96. The minimum Gasteiger partial charge on any atom is -0.306 e. The predicted molar refractivity (Wildman–Crippen MR) is 77.4 cm³/mol. The van der Waals surface area contributed by atoms with E-state index in [1.54, 1.807) is 6.07 Å². The van der Waals surface area contributed by atoms with Crippen molar-refractivity contribution in [3.63, 3.8) is 0 Å². The molecule has 1 aromatic rings. The van der Waals surface area contributed by atoms with Crippen molar-refractivity contribution < 1.29 is 4.39 Å². The Kier molecular flexibility index (Phi) is 7.28. The van der Waals surface area contributed by atoms with E-state index in [-0.39, 0.29) is 11.9 Å². The van der Waals surface area contributed by atoms with Crippen LogP contribution in [0.5, 0.6) is 0 Å². The van der Waals surface area contributed by atoms with Crippen LogP contribution in [0.2, 0.25) is 0 Å². The highest BCUT2D eigenvalue weighted by atomic mass is 32.2. The van der Waals surface area contributed by atoms with Crippen molar-refractivity contribution in [2.75, 3.05) is 11.5 Å². The average molecular weight is 270 g/mol. The van der Waals surface area contributed by atoms with Crippen LogP contribution >= 0.6 is 11.8 Å². The first-order chi connectivity index (χ1) is 8.67. The van der Waals surface area contributed by atoms with Gasteiger partial charge in [0.05, 0.1) is 11.9 Å². The van der Waals surface area contributed by atoms with Crippen molar-refractivity contribution in [3.8, 4) is 0 Å². The van der Waals surface area contributed by atoms with E-state index >= 15 is 0 Å². The molecule has 1 aromatic heterocycles. The fourth-order valence-electron chi connectivity index (χ4n) is 1.84. The summed E-state index contributed by atoms with van der Waals surface area (Å²) in [6.07, 6.45) is 3.40. The monoisotopic (exact) mass is 270 g/mol. The van der Waals surface area contributed by atoms with Crippen molar-refractivity contribution in [2.45, 2.75) is 45.7 Å². The Bertz CT molecular complexity index is 329. The Morgan fingerprint density at radius 1 is 1.39 bits per heavy atom. The van der Waals surface area contributed by atoms with E-state index in [2.05, 4.69) is 31.1 Å². The van der Waals surface area contributed by atoms with Crippen LogP contribution in [0.15, 0.2) is 18.3 Å². The molecular formula is C14H23FN2S. The molecular weight excluding hydrogens is 247 g/mol. The molecule has 0 radical (unpaired) electrons. The van der Waals surface area contributed by atoms with E-state index in [0.29, 0.717) is 6.04 Å². The minimum absolute atomic E-state index is 0.215. The molecule has 1 rings (SSSR count). The molecule has 0 aromatic carbocycles. The van der Waals surface area contributed by atoms with Gasteiger partial charge in [0.2, 0.25) is 0 Å². The van der Waals surface area contributed by atoms with Gasteiger partial charge in [-0.05, 0) is 43.4 Å². The van der Waals surface area contributed by atoms with E-state index in [9.17, 15) is 4.39 Å². The number of hydrogen-bond donors (Lipinski definition) is 1. The standard InChI is InChI=1S/C14H23FN2S/c1-4-13(14-7-6-12(15)10-16-14)17-11(3)8-9-18-5-2/h6-7,10-11,13,17H,4-5,8-9H2,1-3H3. The van der Waals surface area contributed by atoms with E-state index < -0.39 is 0 Å². The quantitative estimate of drug-likeness (QED) is 0.727. The summed E-state index contributed by atoms with van der Waals surface area (Å²) in [4.78, 5) is 4.16. The van der Waals surface area contributed by atoms with Crippen molar-refractivity contribution >= 4 is 11.8 Å². The van der Waals surface area contributed by atoms with Gasteiger partial charge in [0.15, 0.2) is 0 Å². The van der Waals surface area contributed by atoms with Crippen LogP contribution in [0.4, 0.5) is 4.39 Å². The number of rotatable bonds is 8. The van der Waals surface area contributed by atoms with E-state index in [0.717, 1.165) is 18.5 Å². The molecule has 1 N–H and O–H groups in total. The lowest BCUT2D eigenvalue weighted by atomic mass is 10.1. The van der Waals surface area contributed by atoms with Gasteiger partial charge < -0.3 is 5.32 Å². The van der Waals surface area contributed by atoms with E-state index in [1.807, 2.05) is 11.8 Å². The number of nitrogens with zero attached hydrogens (tertiary/aromatic N) is 1. The predicted octanol–water partition coefficient (Wildman–Crippen LogP) is 3.79.